The number of hydrogen-bond donors (Lipinski definition) is 1. The molecule has 0 aliphatic rings. The first-order chi connectivity index (χ1) is 8.81. The van der Waals surface area contributed by atoms with E-state index in [2.05, 4.69) is 33.3 Å². The number of rotatable bonds is 5. The zero-order valence-electron chi connectivity index (χ0n) is 10.8. The lowest BCUT2D eigenvalue weighted by Crippen LogP contribution is -2.25. The molecule has 0 aliphatic carbocycles. The molecule has 0 fully saturated rings. The van der Waals surface area contributed by atoms with Gasteiger partial charge in [0, 0.05) is 24.3 Å². The van der Waals surface area contributed by atoms with E-state index in [9.17, 15) is 0 Å². The molecular weight excluding hydrogens is 224 g/mol. The third-order valence-electron chi connectivity index (χ3n) is 2.71. The second-order valence-electron chi connectivity index (χ2n) is 4.23. The standard InChI is InChI=1S/C14H18N4/c1-3-7-15-13(14-16-8-4-9-17-14)12-6-5-11(2)18-10-12/h4-6,8-10,13,15H,3,7H2,1-2H3. The second-order valence-corrected chi connectivity index (χ2v) is 4.23. The van der Waals surface area contributed by atoms with Crippen molar-refractivity contribution in [3.63, 3.8) is 0 Å². The van der Waals surface area contributed by atoms with Crippen LogP contribution in [0.5, 0.6) is 0 Å². The van der Waals surface area contributed by atoms with Crippen LogP contribution in [-0.2, 0) is 0 Å². The zero-order valence-corrected chi connectivity index (χ0v) is 10.8. The van der Waals surface area contributed by atoms with Gasteiger partial charge in [-0.05, 0) is 37.6 Å². The fraction of sp³-hybridized carbons (Fsp3) is 0.357. The molecule has 4 nitrogen and oxygen atoms in total. The third kappa shape index (κ3) is 3.11. The minimum atomic E-state index is 0.0132. The molecule has 1 unspecified atom stereocenters. The predicted octanol–water partition coefficient (Wildman–Crippen LogP) is 2.27. The van der Waals surface area contributed by atoms with E-state index in [0.717, 1.165) is 30.0 Å². The Morgan fingerprint density at radius 3 is 2.56 bits per heavy atom. The second kappa shape index (κ2) is 6.21. The van der Waals surface area contributed by atoms with Crippen molar-refractivity contribution in [3.8, 4) is 0 Å². The summed E-state index contributed by atoms with van der Waals surface area (Å²) in [6.45, 7) is 5.05. The highest BCUT2D eigenvalue weighted by atomic mass is 15.0. The maximum Gasteiger partial charge on any atom is 0.149 e. The maximum absolute atomic E-state index is 4.34. The highest BCUT2D eigenvalue weighted by molar-refractivity contribution is 5.23. The van der Waals surface area contributed by atoms with Gasteiger partial charge >= 0.3 is 0 Å². The number of nitrogens with zero attached hydrogens (tertiary/aromatic N) is 3. The number of aromatic nitrogens is 3. The lowest BCUT2D eigenvalue weighted by Gasteiger charge is -2.17. The first-order valence-corrected chi connectivity index (χ1v) is 6.24. The van der Waals surface area contributed by atoms with E-state index in [0.29, 0.717) is 0 Å². The summed E-state index contributed by atoms with van der Waals surface area (Å²) in [6, 6.07) is 5.93. The molecular formula is C14H18N4. The van der Waals surface area contributed by atoms with Crippen LogP contribution in [0, 0.1) is 6.92 Å². The molecule has 94 valence electrons. The Morgan fingerprint density at radius 1 is 1.17 bits per heavy atom. The lowest BCUT2D eigenvalue weighted by molar-refractivity contribution is 0.570. The fourth-order valence-corrected chi connectivity index (χ4v) is 1.76. The minimum absolute atomic E-state index is 0.0132. The van der Waals surface area contributed by atoms with Crippen LogP contribution in [-0.4, -0.2) is 21.5 Å². The van der Waals surface area contributed by atoms with Gasteiger partial charge in [-0.2, -0.15) is 0 Å². The summed E-state index contributed by atoms with van der Waals surface area (Å²) in [4.78, 5) is 13.0. The molecule has 0 radical (unpaired) electrons. The molecule has 2 aromatic heterocycles. The maximum atomic E-state index is 4.34. The molecule has 0 aliphatic heterocycles. The lowest BCUT2D eigenvalue weighted by atomic mass is 10.1. The minimum Gasteiger partial charge on any atom is -0.304 e. The summed E-state index contributed by atoms with van der Waals surface area (Å²) in [5, 5.41) is 3.46. The first kappa shape index (κ1) is 12.6. The molecule has 4 heteroatoms. The van der Waals surface area contributed by atoms with Gasteiger partial charge in [-0.15, -0.1) is 0 Å². The van der Waals surface area contributed by atoms with Gasteiger partial charge in [-0.25, -0.2) is 9.97 Å². The van der Waals surface area contributed by atoms with Crippen LogP contribution in [0.1, 0.15) is 36.5 Å². The Labute approximate surface area is 108 Å². The normalized spacial score (nSPS) is 12.3. The number of pyridine rings is 1. The molecule has 0 amide bonds. The zero-order chi connectivity index (χ0) is 12.8. The SMILES string of the molecule is CCCNC(c1ccc(C)nc1)c1ncccn1. The van der Waals surface area contributed by atoms with Crippen LogP contribution < -0.4 is 5.32 Å². The Hall–Kier alpha value is -1.81. The van der Waals surface area contributed by atoms with Crippen LogP contribution in [0.4, 0.5) is 0 Å². The fourth-order valence-electron chi connectivity index (χ4n) is 1.76. The van der Waals surface area contributed by atoms with Crippen molar-refractivity contribution in [1.82, 2.24) is 20.3 Å². The summed E-state index contributed by atoms with van der Waals surface area (Å²) in [6.07, 6.45) is 6.50. The van der Waals surface area contributed by atoms with Crippen molar-refractivity contribution in [2.24, 2.45) is 0 Å². The quantitative estimate of drug-likeness (QED) is 0.873. The van der Waals surface area contributed by atoms with Gasteiger partial charge in [0.2, 0.25) is 0 Å². The Bertz CT molecular complexity index is 467. The molecule has 0 saturated heterocycles. The van der Waals surface area contributed by atoms with Gasteiger partial charge in [0.15, 0.2) is 0 Å². The van der Waals surface area contributed by atoms with Crippen LogP contribution >= 0.6 is 0 Å². The van der Waals surface area contributed by atoms with Gasteiger partial charge in [-0.1, -0.05) is 13.0 Å². The van der Waals surface area contributed by atoms with Crippen molar-refractivity contribution in [1.29, 1.82) is 0 Å². The Balaban J connectivity index is 2.27. The highest BCUT2D eigenvalue weighted by Gasteiger charge is 2.15. The molecule has 18 heavy (non-hydrogen) atoms. The van der Waals surface area contributed by atoms with E-state index in [-0.39, 0.29) is 6.04 Å². The van der Waals surface area contributed by atoms with Gasteiger partial charge in [-0.3, -0.25) is 4.98 Å². The molecule has 1 atom stereocenters. The van der Waals surface area contributed by atoms with E-state index in [4.69, 9.17) is 0 Å². The average molecular weight is 242 g/mol. The molecule has 0 aromatic carbocycles. The summed E-state index contributed by atoms with van der Waals surface area (Å²) < 4.78 is 0. The van der Waals surface area contributed by atoms with E-state index in [1.165, 1.54) is 0 Å². The summed E-state index contributed by atoms with van der Waals surface area (Å²) in [5.41, 5.74) is 2.11. The van der Waals surface area contributed by atoms with Crippen molar-refractivity contribution < 1.29 is 0 Å². The van der Waals surface area contributed by atoms with E-state index >= 15 is 0 Å². The van der Waals surface area contributed by atoms with Crippen molar-refractivity contribution in [2.75, 3.05) is 6.54 Å². The van der Waals surface area contributed by atoms with Crippen LogP contribution in [0.3, 0.4) is 0 Å². The number of aryl methyl sites for hydroxylation is 1. The number of nitrogens with one attached hydrogen (secondary N) is 1. The monoisotopic (exact) mass is 242 g/mol. The topological polar surface area (TPSA) is 50.7 Å². The van der Waals surface area contributed by atoms with E-state index in [1.54, 1.807) is 12.4 Å². The highest BCUT2D eigenvalue weighted by Crippen LogP contribution is 2.17. The van der Waals surface area contributed by atoms with Gasteiger partial charge in [0.1, 0.15) is 5.82 Å². The molecule has 2 aromatic rings. The third-order valence-corrected chi connectivity index (χ3v) is 2.71. The summed E-state index contributed by atoms with van der Waals surface area (Å²) >= 11 is 0. The molecule has 0 bridgehead atoms. The Kier molecular flexibility index (Phi) is 4.36. The largest absolute Gasteiger partial charge is 0.304 e. The summed E-state index contributed by atoms with van der Waals surface area (Å²) in [5.74, 6) is 0.789. The molecule has 2 rings (SSSR count). The van der Waals surface area contributed by atoms with Crippen molar-refractivity contribution >= 4 is 0 Å². The van der Waals surface area contributed by atoms with Gasteiger partial charge in [0.05, 0.1) is 6.04 Å². The Morgan fingerprint density at radius 2 is 1.94 bits per heavy atom. The summed E-state index contributed by atoms with van der Waals surface area (Å²) in [7, 11) is 0. The van der Waals surface area contributed by atoms with E-state index in [1.807, 2.05) is 25.3 Å². The molecule has 2 heterocycles. The predicted molar refractivity (Wildman–Crippen MR) is 71.1 cm³/mol. The van der Waals surface area contributed by atoms with Crippen LogP contribution in [0.15, 0.2) is 36.8 Å². The van der Waals surface area contributed by atoms with Crippen LogP contribution in [0.2, 0.25) is 0 Å². The average Bonchev–Trinajstić information content (AvgIpc) is 2.42. The van der Waals surface area contributed by atoms with Gasteiger partial charge in [0.25, 0.3) is 0 Å². The van der Waals surface area contributed by atoms with Crippen molar-refractivity contribution in [3.05, 3.63) is 53.9 Å². The molecule has 0 saturated carbocycles. The van der Waals surface area contributed by atoms with Gasteiger partial charge < -0.3 is 5.32 Å². The first-order valence-electron chi connectivity index (χ1n) is 6.24. The van der Waals surface area contributed by atoms with Crippen molar-refractivity contribution in [2.45, 2.75) is 26.3 Å². The van der Waals surface area contributed by atoms with Crippen LogP contribution in [0.25, 0.3) is 0 Å². The van der Waals surface area contributed by atoms with E-state index < -0.39 is 0 Å². The smallest absolute Gasteiger partial charge is 0.149 e. The molecule has 1 N–H and O–H groups in total. The molecule has 0 spiro atoms. The number of hydrogen-bond acceptors (Lipinski definition) is 4.